The van der Waals surface area contributed by atoms with Crippen molar-refractivity contribution >= 4 is 44.7 Å². The summed E-state index contributed by atoms with van der Waals surface area (Å²) >= 11 is 10.8. The normalized spacial score (nSPS) is 11.4. The van der Waals surface area contributed by atoms with Gasteiger partial charge in [-0.15, -0.1) is 0 Å². The van der Waals surface area contributed by atoms with Gasteiger partial charge in [0.25, 0.3) is 0 Å². The number of halogens is 1. The maximum absolute atomic E-state index is 12.4. The molecule has 0 heterocycles. The number of nitrogens with one attached hydrogen (secondary N) is 1. The molecule has 0 fully saturated rings. The summed E-state index contributed by atoms with van der Waals surface area (Å²) < 4.78 is 25.8. The number of carbonyl (C=O) groups is 1. The van der Waals surface area contributed by atoms with E-state index in [9.17, 15) is 13.2 Å². The molecule has 0 aliphatic rings. The maximum atomic E-state index is 12.4. The van der Waals surface area contributed by atoms with E-state index >= 15 is 0 Å². The molecule has 1 aromatic rings. The highest BCUT2D eigenvalue weighted by atomic mass is 35.5. The molecule has 3 N–H and O–H groups in total. The van der Waals surface area contributed by atoms with E-state index < -0.39 is 10.0 Å². The first kappa shape index (κ1) is 17.8. The van der Waals surface area contributed by atoms with Crippen LogP contribution in [0.15, 0.2) is 23.1 Å². The highest BCUT2D eigenvalue weighted by Crippen LogP contribution is 2.25. The summed E-state index contributed by atoms with van der Waals surface area (Å²) in [6.07, 6.45) is 0.0643. The second kappa shape index (κ2) is 7.17. The molecule has 0 unspecified atom stereocenters. The first-order valence-electron chi connectivity index (χ1n) is 5.96. The fraction of sp³-hybridized carbons (Fsp3) is 0.333. The largest absolute Gasteiger partial charge is 0.389 e. The van der Waals surface area contributed by atoms with Gasteiger partial charge in [0.15, 0.2) is 0 Å². The third-order valence-corrected chi connectivity index (χ3v) is 5.41. The average Bonchev–Trinajstić information content (AvgIpc) is 2.43. The van der Waals surface area contributed by atoms with Crippen molar-refractivity contribution in [1.82, 2.24) is 9.62 Å². The summed E-state index contributed by atoms with van der Waals surface area (Å²) in [6, 6.07) is 4.25. The lowest BCUT2D eigenvalue weighted by Gasteiger charge is -2.18. The van der Waals surface area contributed by atoms with E-state index in [0.717, 1.165) is 4.31 Å². The van der Waals surface area contributed by atoms with Gasteiger partial charge in [0.1, 0.15) is 9.88 Å². The third kappa shape index (κ3) is 4.37. The summed E-state index contributed by atoms with van der Waals surface area (Å²) in [5.74, 6) is -0.244. The van der Waals surface area contributed by atoms with Crippen LogP contribution in [0.5, 0.6) is 0 Å². The van der Waals surface area contributed by atoms with Crippen molar-refractivity contribution in [3.8, 4) is 0 Å². The summed E-state index contributed by atoms with van der Waals surface area (Å²) in [6.45, 7) is 0.0510. The quantitative estimate of drug-likeness (QED) is 0.739. The predicted molar refractivity (Wildman–Crippen MR) is 85.8 cm³/mol. The number of carbonyl (C=O) groups excluding carboxylic acids is 1. The summed E-state index contributed by atoms with van der Waals surface area (Å²) in [4.78, 5) is 11.3. The van der Waals surface area contributed by atoms with Crippen LogP contribution < -0.4 is 11.1 Å². The molecule has 21 heavy (non-hydrogen) atoms. The Hall–Kier alpha value is -1.22. The van der Waals surface area contributed by atoms with Gasteiger partial charge in [-0.3, -0.25) is 4.79 Å². The van der Waals surface area contributed by atoms with Crippen molar-refractivity contribution in [2.24, 2.45) is 5.73 Å². The van der Waals surface area contributed by atoms with Crippen molar-refractivity contribution in [2.75, 3.05) is 20.6 Å². The van der Waals surface area contributed by atoms with Gasteiger partial charge in [-0.05, 0) is 12.1 Å². The van der Waals surface area contributed by atoms with E-state index in [2.05, 4.69) is 5.32 Å². The molecule has 116 valence electrons. The van der Waals surface area contributed by atoms with Crippen LogP contribution in [-0.2, 0) is 14.8 Å². The molecule has 0 aliphatic heterocycles. The SMILES string of the molecule is CNC(=O)CCN(C)S(=O)(=O)c1ccc(C(N)=S)cc1Cl. The molecule has 0 aromatic heterocycles. The monoisotopic (exact) mass is 349 g/mol. The minimum atomic E-state index is -3.78. The number of sulfonamides is 1. The smallest absolute Gasteiger partial charge is 0.244 e. The van der Waals surface area contributed by atoms with Gasteiger partial charge in [-0.2, -0.15) is 0 Å². The summed E-state index contributed by atoms with van der Waals surface area (Å²) in [5.41, 5.74) is 5.95. The average molecular weight is 350 g/mol. The molecule has 1 rings (SSSR count). The zero-order valence-electron chi connectivity index (χ0n) is 11.6. The minimum absolute atomic E-state index is 0.0343. The Bertz CT molecular complexity index is 662. The van der Waals surface area contributed by atoms with Crippen molar-refractivity contribution in [2.45, 2.75) is 11.3 Å². The molecule has 6 nitrogen and oxygen atoms in total. The van der Waals surface area contributed by atoms with Crippen LogP contribution in [0.3, 0.4) is 0 Å². The number of nitrogens with zero attached hydrogens (tertiary/aromatic N) is 1. The highest BCUT2D eigenvalue weighted by molar-refractivity contribution is 7.89. The van der Waals surface area contributed by atoms with Crippen LogP contribution >= 0.6 is 23.8 Å². The number of amides is 1. The number of nitrogens with two attached hydrogens (primary N) is 1. The van der Waals surface area contributed by atoms with Gasteiger partial charge < -0.3 is 11.1 Å². The lowest BCUT2D eigenvalue weighted by Crippen LogP contribution is -2.31. The van der Waals surface area contributed by atoms with Crippen molar-refractivity contribution in [1.29, 1.82) is 0 Å². The number of rotatable bonds is 6. The number of hydrogen-bond acceptors (Lipinski definition) is 4. The standard InChI is InChI=1S/C12H16ClN3O3S2/c1-15-11(17)5-6-16(2)21(18,19)10-4-3-8(12(14)20)7-9(10)13/h3-4,7H,5-6H2,1-2H3,(H2,14,20)(H,15,17). The van der Waals surface area contributed by atoms with Crippen LogP contribution in [-0.4, -0.2) is 44.3 Å². The molecular formula is C12H16ClN3O3S2. The second-order valence-electron chi connectivity index (χ2n) is 4.26. The summed E-state index contributed by atoms with van der Waals surface area (Å²) in [7, 11) is -0.905. The Morgan fingerprint density at radius 1 is 1.48 bits per heavy atom. The second-order valence-corrected chi connectivity index (χ2v) is 7.12. The van der Waals surface area contributed by atoms with E-state index in [0.29, 0.717) is 5.56 Å². The summed E-state index contributed by atoms with van der Waals surface area (Å²) in [5, 5.41) is 2.46. The molecule has 0 aliphatic carbocycles. The first-order chi connectivity index (χ1) is 9.70. The number of thiocarbonyl (C=S) groups is 1. The van der Waals surface area contributed by atoms with Crippen molar-refractivity contribution in [3.05, 3.63) is 28.8 Å². The van der Waals surface area contributed by atoms with E-state index in [1.54, 1.807) is 0 Å². The first-order valence-corrected chi connectivity index (χ1v) is 8.19. The van der Waals surface area contributed by atoms with Crippen LogP contribution in [0.25, 0.3) is 0 Å². The number of hydrogen-bond donors (Lipinski definition) is 2. The Morgan fingerprint density at radius 2 is 2.10 bits per heavy atom. The maximum Gasteiger partial charge on any atom is 0.244 e. The van der Waals surface area contributed by atoms with E-state index in [-0.39, 0.29) is 33.8 Å². The molecule has 0 saturated heterocycles. The fourth-order valence-electron chi connectivity index (χ4n) is 1.54. The fourth-order valence-corrected chi connectivity index (χ4v) is 3.35. The molecule has 1 amide bonds. The van der Waals surface area contributed by atoms with Gasteiger partial charge in [0.2, 0.25) is 15.9 Å². The van der Waals surface area contributed by atoms with Crippen LogP contribution in [0.4, 0.5) is 0 Å². The topological polar surface area (TPSA) is 92.5 Å². The third-order valence-electron chi connectivity index (χ3n) is 2.84. The molecule has 0 saturated carbocycles. The molecule has 0 bridgehead atoms. The lowest BCUT2D eigenvalue weighted by atomic mass is 10.2. The Labute approximate surface area is 134 Å². The van der Waals surface area contributed by atoms with Gasteiger partial charge in [-0.25, -0.2) is 12.7 Å². The van der Waals surface area contributed by atoms with Crippen LogP contribution in [0.2, 0.25) is 5.02 Å². The van der Waals surface area contributed by atoms with Gasteiger partial charge in [0.05, 0.1) is 5.02 Å². The van der Waals surface area contributed by atoms with Crippen LogP contribution in [0, 0.1) is 0 Å². The zero-order valence-corrected chi connectivity index (χ0v) is 14.0. The molecule has 9 heteroatoms. The number of benzene rings is 1. The molecule has 0 atom stereocenters. The minimum Gasteiger partial charge on any atom is -0.389 e. The molecule has 0 radical (unpaired) electrons. The lowest BCUT2D eigenvalue weighted by molar-refractivity contribution is -0.120. The van der Waals surface area contributed by atoms with Crippen LogP contribution in [0.1, 0.15) is 12.0 Å². The molecule has 1 aromatic carbocycles. The van der Waals surface area contributed by atoms with E-state index in [1.807, 2.05) is 0 Å². The highest BCUT2D eigenvalue weighted by Gasteiger charge is 2.24. The van der Waals surface area contributed by atoms with Gasteiger partial charge >= 0.3 is 0 Å². The van der Waals surface area contributed by atoms with E-state index in [4.69, 9.17) is 29.6 Å². The molecule has 0 spiro atoms. The Kier molecular flexibility index (Phi) is 6.09. The van der Waals surface area contributed by atoms with Gasteiger partial charge in [-0.1, -0.05) is 29.9 Å². The molecular weight excluding hydrogens is 334 g/mol. The van der Waals surface area contributed by atoms with Gasteiger partial charge in [0, 0.05) is 32.6 Å². The zero-order chi connectivity index (χ0) is 16.2. The van der Waals surface area contributed by atoms with Crippen molar-refractivity contribution < 1.29 is 13.2 Å². The predicted octanol–water partition coefficient (Wildman–Crippen LogP) is 0.731. The van der Waals surface area contributed by atoms with Crippen molar-refractivity contribution in [3.63, 3.8) is 0 Å². The Balaban J connectivity index is 3.02. The van der Waals surface area contributed by atoms with E-state index in [1.165, 1.54) is 32.3 Å². The Morgan fingerprint density at radius 3 is 2.57 bits per heavy atom.